The molecular weight excluding hydrogens is 426 g/mol. The van der Waals surface area contributed by atoms with Gasteiger partial charge in [-0.05, 0) is 73.2 Å². The van der Waals surface area contributed by atoms with Gasteiger partial charge >= 0.3 is 0 Å². The van der Waals surface area contributed by atoms with Crippen LogP contribution in [0.4, 0.5) is 5.69 Å². The number of hydrazone groups is 1. The largest absolute Gasteiger partial charge is 0.484 e. The Balaban J connectivity index is 1.27. The van der Waals surface area contributed by atoms with Gasteiger partial charge in [0.25, 0.3) is 5.91 Å². The van der Waals surface area contributed by atoms with Crippen LogP contribution in [0.5, 0.6) is 5.75 Å². The minimum atomic E-state index is -0.273. The van der Waals surface area contributed by atoms with Crippen molar-refractivity contribution in [1.82, 2.24) is 5.43 Å². The van der Waals surface area contributed by atoms with Crippen molar-refractivity contribution in [2.45, 2.75) is 31.3 Å². The van der Waals surface area contributed by atoms with Crippen molar-refractivity contribution in [3.63, 3.8) is 0 Å². The number of carbonyl (C=O) groups excluding carboxylic acids is 1. The Bertz CT molecular complexity index is 935. The topological polar surface area (TPSA) is 53.9 Å². The molecule has 2 aromatic carbocycles. The molecule has 5 nitrogen and oxygen atoms in total. The van der Waals surface area contributed by atoms with Gasteiger partial charge < -0.3 is 9.64 Å². The van der Waals surface area contributed by atoms with Crippen LogP contribution in [0.15, 0.2) is 41.5 Å². The van der Waals surface area contributed by atoms with E-state index >= 15 is 0 Å². The van der Waals surface area contributed by atoms with Crippen LogP contribution in [-0.2, 0) is 4.79 Å². The lowest BCUT2D eigenvalue weighted by Crippen LogP contribution is -2.24. The van der Waals surface area contributed by atoms with Crippen molar-refractivity contribution in [2.75, 3.05) is 36.1 Å². The van der Waals surface area contributed by atoms with E-state index in [-0.39, 0.29) is 12.5 Å². The van der Waals surface area contributed by atoms with Crippen LogP contribution in [0.3, 0.4) is 0 Å². The van der Waals surface area contributed by atoms with Gasteiger partial charge in [0.2, 0.25) is 0 Å². The van der Waals surface area contributed by atoms with Gasteiger partial charge in [0.05, 0.1) is 10.8 Å². The van der Waals surface area contributed by atoms with Gasteiger partial charge in [0.15, 0.2) is 6.61 Å². The number of nitrogens with one attached hydrogen (secondary N) is 1. The van der Waals surface area contributed by atoms with E-state index in [1.54, 1.807) is 6.21 Å². The predicted octanol–water partition coefficient (Wildman–Crippen LogP) is 4.91. The third kappa shape index (κ3) is 5.77. The minimum Gasteiger partial charge on any atom is -0.484 e. The molecule has 7 heteroatoms. The first-order valence-electron chi connectivity index (χ1n) is 10.7. The molecule has 0 atom stereocenters. The molecule has 2 aromatic rings. The number of nitrogens with zero attached hydrogens (tertiary/aromatic N) is 2. The summed E-state index contributed by atoms with van der Waals surface area (Å²) in [6.45, 7) is 6.41. The summed E-state index contributed by atoms with van der Waals surface area (Å²) >= 11 is 3.95. The standard InChI is InChI=1S/C24H29N3O2S2/c1-17-14-22(27-9-3-4-10-27)18(2)13-20(17)15-25-26-23(28)16-29-21-7-5-19(6-8-21)24-30-11-12-31-24/h5-8,13-15,24H,3-4,9-12,16H2,1-2H3,(H,26,28)/b25-15-. The minimum absolute atomic E-state index is 0.0600. The van der Waals surface area contributed by atoms with E-state index in [0.29, 0.717) is 10.3 Å². The molecular formula is C24H29N3O2S2. The fraction of sp³-hybridized carbons (Fsp3) is 0.417. The first-order valence-corrected chi connectivity index (χ1v) is 12.8. The normalized spacial score (nSPS) is 16.9. The van der Waals surface area contributed by atoms with Gasteiger partial charge in [-0.3, -0.25) is 4.79 Å². The van der Waals surface area contributed by atoms with Gasteiger partial charge in [0.1, 0.15) is 5.75 Å². The number of anilines is 1. The van der Waals surface area contributed by atoms with Crippen molar-refractivity contribution < 1.29 is 9.53 Å². The van der Waals surface area contributed by atoms with Crippen molar-refractivity contribution in [1.29, 1.82) is 0 Å². The van der Waals surface area contributed by atoms with Gasteiger partial charge in [-0.2, -0.15) is 5.10 Å². The molecule has 2 aliphatic heterocycles. The molecule has 0 aromatic heterocycles. The molecule has 0 radical (unpaired) electrons. The highest BCUT2D eigenvalue weighted by molar-refractivity contribution is 8.19. The summed E-state index contributed by atoms with van der Waals surface area (Å²) in [6, 6.07) is 12.4. The van der Waals surface area contributed by atoms with E-state index in [9.17, 15) is 4.79 Å². The zero-order valence-corrected chi connectivity index (χ0v) is 19.7. The Labute approximate surface area is 193 Å². The number of aryl methyl sites for hydroxylation is 2. The van der Waals surface area contributed by atoms with E-state index in [2.05, 4.69) is 53.5 Å². The number of ether oxygens (including phenoxy) is 1. The molecule has 0 unspecified atom stereocenters. The molecule has 2 fully saturated rings. The first kappa shape index (κ1) is 22.1. The molecule has 0 aliphatic carbocycles. The van der Waals surface area contributed by atoms with Gasteiger partial charge in [-0.25, -0.2) is 5.43 Å². The molecule has 0 spiro atoms. The number of amides is 1. The van der Waals surface area contributed by atoms with Crippen LogP contribution in [0.2, 0.25) is 0 Å². The van der Waals surface area contributed by atoms with Crippen molar-refractivity contribution >= 4 is 41.3 Å². The summed E-state index contributed by atoms with van der Waals surface area (Å²) in [5, 5.41) is 4.13. The quantitative estimate of drug-likeness (QED) is 0.475. The highest BCUT2D eigenvalue weighted by atomic mass is 32.2. The molecule has 2 heterocycles. The average Bonchev–Trinajstić information content (AvgIpc) is 3.49. The van der Waals surface area contributed by atoms with E-state index in [4.69, 9.17) is 4.74 Å². The summed E-state index contributed by atoms with van der Waals surface area (Å²) in [7, 11) is 0. The maximum absolute atomic E-state index is 12.1. The van der Waals surface area contributed by atoms with Gasteiger partial charge in [-0.1, -0.05) is 12.1 Å². The lowest BCUT2D eigenvalue weighted by molar-refractivity contribution is -0.123. The Kier molecular flexibility index (Phi) is 7.45. The van der Waals surface area contributed by atoms with Crippen LogP contribution >= 0.6 is 23.5 Å². The van der Waals surface area contributed by atoms with E-state index in [1.165, 1.54) is 41.2 Å². The van der Waals surface area contributed by atoms with Crippen LogP contribution < -0.4 is 15.1 Å². The van der Waals surface area contributed by atoms with Gasteiger partial charge in [0, 0.05) is 30.3 Å². The Morgan fingerprint density at radius 3 is 2.55 bits per heavy atom. The number of hydrogen-bond donors (Lipinski definition) is 1. The molecule has 1 N–H and O–H groups in total. The molecule has 4 rings (SSSR count). The summed E-state index contributed by atoms with van der Waals surface area (Å²) in [4.78, 5) is 14.5. The van der Waals surface area contributed by atoms with Gasteiger partial charge in [-0.15, -0.1) is 23.5 Å². The molecule has 164 valence electrons. The third-order valence-electron chi connectivity index (χ3n) is 5.57. The molecule has 2 aliphatic rings. The summed E-state index contributed by atoms with van der Waals surface area (Å²) in [5.41, 5.74) is 8.57. The number of carbonyl (C=O) groups is 1. The van der Waals surface area contributed by atoms with Crippen molar-refractivity contribution in [3.8, 4) is 5.75 Å². The van der Waals surface area contributed by atoms with Crippen LogP contribution in [-0.4, -0.2) is 43.3 Å². The number of rotatable bonds is 7. The number of benzene rings is 2. The summed E-state index contributed by atoms with van der Waals surface area (Å²) in [5.74, 6) is 2.83. The second-order valence-corrected chi connectivity index (χ2v) is 10.6. The average molecular weight is 456 g/mol. The maximum atomic E-state index is 12.1. The SMILES string of the molecule is Cc1cc(N2CCCC2)c(C)cc1/C=N\NC(=O)COc1ccc(C2SCCS2)cc1. The highest BCUT2D eigenvalue weighted by Gasteiger charge is 2.18. The van der Waals surface area contributed by atoms with Crippen molar-refractivity contribution in [2.24, 2.45) is 5.10 Å². The first-order chi connectivity index (χ1) is 15.1. The maximum Gasteiger partial charge on any atom is 0.277 e. The zero-order chi connectivity index (χ0) is 21.6. The Hall–Kier alpha value is -2.12. The molecule has 2 saturated heterocycles. The van der Waals surface area contributed by atoms with E-state index in [1.807, 2.05) is 35.7 Å². The van der Waals surface area contributed by atoms with Crippen LogP contribution in [0.1, 0.15) is 39.7 Å². The van der Waals surface area contributed by atoms with E-state index in [0.717, 1.165) is 24.2 Å². The third-order valence-corrected chi connectivity index (χ3v) is 8.67. The van der Waals surface area contributed by atoms with Crippen LogP contribution in [0.25, 0.3) is 0 Å². The molecule has 0 saturated carbocycles. The second kappa shape index (κ2) is 10.5. The number of hydrogen-bond acceptors (Lipinski definition) is 6. The Morgan fingerprint density at radius 1 is 1.13 bits per heavy atom. The molecule has 1 amide bonds. The van der Waals surface area contributed by atoms with Crippen LogP contribution in [0, 0.1) is 13.8 Å². The van der Waals surface area contributed by atoms with Crippen molar-refractivity contribution in [3.05, 3.63) is 58.7 Å². The molecule has 0 bridgehead atoms. The predicted molar refractivity (Wildman–Crippen MR) is 133 cm³/mol. The lowest BCUT2D eigenvalue weighted by atomic mass is 10.0. The fourth-order valence-corrected chi connectivity index (χ4v) is 6.75. The zero-order valence-electron chi connectivity index (χ0n) is 18.1. The Morgan fingerprint density at radius 2 is 1.84 bits per heavy atom. The smallest absolute Gasteiger partial charge is 0.277 e. The number of thioether (sulfide) groups is 2. The summed E-state index contributed by atoms with van der Waals surface area (Å²) in [6.07, 6.45) is 4.23. The summed E-state index contributed by atoms with van der Waals surface area (Å²) < 4.78 is 6.12. The monoisotopic (exact) mass is 455 g/mol. The molecule has 31 heavy (non-hydrogen) atoms. The fourth-order valence-electron chi connectivity index (χ4n) is 3.89. The highest BCUT2D eigenvalue weighted by Crippen LogP contribution is 2.45. The van der Waals surface area contributed by atoms with E-state index < -0.39 is 0 Å². The second-order valence-electron chi connectivity index (χ2n) is 7.91. The lowest BCUT2D eigenvalue weighted by Gasteiger charge is -2.21.